The number of nitrogens with one attached hydrogen (secondary N) is 1. The van der Waals surface area contributed by atoms with Crippen molar-refractivity contribution in [2.45, 2.75) is 78.1 Å². The van der Waals surface area contributed by atoms with Crippen molar-refractivity contribution in [2.24, 2.45) is 11.3 Å². The lowest BCUT2D eigenvalue weighted by Crippen LogP contribution is -2.28. The number of halogens is 1. The molecule has 1 aliphatic rings. The van der Waals surface area contributed by atoms with Gasteiger partial charge in [0.15, 0.2) is 17.1 Å². The number of para-hydroxylation sites is 1. The molecule has 0 fully saturated rings. The Hall–Kier alpha value is -2.54. The second-order valence-electron chi connectivity index (χ2n) is 10.2. The van der Waals surface area contributed by atoms with Gasteiger partial charge < -0.3 is 14.6 Å². The van der Waals surface area contributed by atoms with Gasteiger partial charge >= 0.3 is 0 Å². The molecule has 0 bridgehead atoms. The van der Waals surface area contributed by atoms with Crippen LogP contribution in [0.5, 0.6) is 5.75 Å². The predicted molar refractivity (Wildman–Crippen MR) is 154 cm³/mol. The number of anilines is 1. The Balaban J connectivity index is 1.41. The summed E-state index contributed by atoms with van der Waals surface area (Å²) < 4.78 is 7.96. The summed E-state index contributed by atoms with van der Waals surface area (Å²) in [5.41, 5.74) is 2.01. The molecule has 2 heterocycles. The number of nitriles is 1. The lowest BCUT2D eigenvalue weighted by Gasteiger charge is -2.36. The Morgan fingerprint density at radius 2 is 2.13 bits per heavy atom. The van der Waals surface area contributed by atoms with Crippen LogP contribution >= 0.6 is 34.7 Å². The van der Waals surface area contributed by atoms with E-state index in [4.69, 9.17) is 16.3 Å². The van der Waals surface area contributed by atoms with Gasteiger partial charge in [0.1, 0.15) is 16.8 Å². The van der Waals surface area contributed by atoms with Crippen LogP contribution in [0.1, 0.15) is 75.4 Å². The lowest BCUT2D eigenvalue weighted by atomic mass is 9.69. The molecule has 3 aromatic rings. The van der Waals surface area contributed by atoms with Crippen molar-refractivity contribution >= 4 is 45.6 Å². The number of nitrogens with zero attached hydrogens (tertiary/aromatic N) is 4. The highest BCUT2D eigenvalue weighted by atomic mass is 35.5. The van der Waals surface area contributed by atoms with Gasteiger partial charge in [0.2, 0.25) is 5.91 Å². The minimum atomic E-state index is -0.373. The zero-order valence-electron chi connectivity index (χ0n) is 22.5. The van der Waals surface area contributed by atoms with E-state index in [1.165, 1.54) is 16.6 Å². The van der Waals surface area contributed by atoms with Crippen LogP contribution in [0.4, 0.5) is 5.00 Å². The van der Waals surface area contributed by atoms with Crippen LogP contribution in [-0.2, 0) is 24.2 Å². The first-order valence-corrected chi connectivity index (χ1v) is 15.2. The van der Waals surface area contributed by atoms with Crippen LogP contribution in [0.3, 0.4) is 0 Å². The molecular formula is C28H34ClN5O2S2. The molecular weight excluding hydrogens is 538 g/mol. The molecule has 0 radical (unpaired) electrons. The molecule has 10 heteroatoms. The predicted octanol–water partition coefficient (Wildman–Crippen LogP) is 7.30. The van der Waals surface area contributed by atoms with Crippen LogP contribution in [-0.4, -0.2) is 26.4 Å². The maximum absolute atomic E-state index is 12.9. The SMILES string of the molecule is CCn1c(SCC(=O)Nc2sc3c(c2C#N)CCC(C(C)(C)CC)C3)nnc1C(C)Oc1ccccc1Cl. The number of thiophene rings is 1. The Labute approximate surface area is 237 Å². The quantitative estimate of drug-likeness (QED) is 0.257. The van der Waals surface area contributed by atoms with Crippen LogP contribution in [0.2, 0.25) is 5.02 Å². The number of benzene rings is 1. The highest BCUT2D eigenvalue weighted by Crippen LogP contribution is 2.45. The smallest absolute Gasteiger partial charge is 0.235 e. The van der Waals surface area contributed by atoms with Gasteiger partial charge in [-0.1, -0.05) is 62.7 Å². The number of hydrogen-bond acceptors (Lipinski definition) is 7. The van der Waals surface area contributed by atoms with Gasteiger partial charge in [-0.05, 0) is 62.1 Å². The summed E-state index contributed by atoms with van der Waals surface area (Å²) in [6.07, 6.45) is 3.69. The van der Waals surface area contributed by atoms with Crippen LogP contribution < -0.4 is 10.1 Å². The fourth-order valence-electron chi connectivity index (χ4n) is 4.83. The molecule has 2 atom stereocenters. The number of thioether (sulfide) groups is 1. The summed E-state index contributed by atoms with van der Waals surface area (Å²) in [5.74, 6) is 1.83. The topological polar surface area (TPSA) is 92.8 Å². The molecule has 1 aromatic carbocycles. The first-order chi connectivity index (χ1) is 18.2. The number of carbonyl (C=O) groups excluding carboxylic acids is 1. The monoisotopic (exact) mass is 571 g/mol. The number of ether oxygens (including phenoxy) is 1. The van der Waals surface area contributed by atoms with E-state index in [0.717, 1.165) is 31.2 Å². The van der Waals surface area contributed by atoms with Gasteiger partial charge in [-0.2, -0.15) is 5.26 Å². The zero-order chi connectivity index (χ0) is 27.4. The number of fused-ring (bicyclic) bond motifs is 1. The first-order valence-electron chi connectivity index (χ1n) is 13.0. The summed E-state index contributed by atoms with van der Waals surface area (Å²) in [6, 6.07) is 9.65. The van der Waals surface area contributed by atoms with Crippen molar-refractivity contribution < 1.29 is 9.53 Å². The average Bonchev–Trinajstić information content (AvgIpc) is 3.48. The molecule has 1 N–H and O–H groups in total. The van der Waals surface area contributed by atoms with Gasteiger partial charge in [0.25, 0.3) is 0 Å². The van der Waals surface area contributed by atoms with E-state index >= 15 is 0 Å². The number of carbonyl (C=O) groups is 1. The molecule has 0 spiro atoms. The highest BCUT2D eigenvalue weighted by Gasteiger charge is 2.34. The second kappa shape index (κ2) is 12.1. The van der Waals surface area contributed by atoms with Crippen LogP contribution in [0.25, 0.3) is 0 Å². The summed E-state index contributed by atoms with van der Waals surface area (Å²) in [5, 5.41) is 23.3. The molecule has 2 unspecified atom stereocenters. The van der Waals surface area contributed by atoms with Gasteiger partial charge in [0.05, 0.1) is 16.3 Å². The van der Waals surface area contributed by atoms with Crippen LogP contribution in [0.15, 0.2) is 29.4 Å². The zero-order valence-corrected chi connectivity index (χ0v) is 24.9. The van der Waals surface area contributed by atoms with Gasteiger partial charge in [-0.3, -0.25) is 4.79 Å². The maximum atomic E-state index is 12.9. The molecule has 1 amide bonds. The van der Waals surface area contributed by atoms with Gasteiger partial charge in [-0.25, -0.2) is 0 Å². The molecule has 0 saturated heterocycles. The Morgan fingerprint density at radius 1 is 1.37 bits per heavy atom. The summed E-state index contributed by atoms with van der Waals surface area (Å²) in [4.78, 5) is 14.2. The third-order valence-electron chi connectivity index (χ3n) is 7.54. The van der Waals surface area contributed by atoms with E-state index < -0.39 is 0 Å². The molecule has 202 valence electrons. The minimum absolute atomic E-state index is 0.164. The fourth-order valence-corrected chi connectivity index (χ4v) is 7.11. The number of hydrogen-bond donors (Lipinski definition) is 1. The van der Waals surface area contributed by atoms with E-state index in [1.54, 1.807) is 17.4 Å². The lowest BCUT2D eigenvalue weighted by molar-refractivity contribution is -0.113. The number of amides is 1. The van der Waals surface area contributed by atoms with Crippen molar-refractivity contribution in [1.29, 1.82) is 5.26 Å². The van der Waals surface area contributed by atoms with E-state index in [-0.39, 0.29) is 23.2 Å². The number of aromatic nitrogens is 3. The first kappa shape index (κ1) is 28.5. The van der Waals surface area contributed by atoms with Crippen molar-refractivity contribution in [1.82, 2.24) is 14.8 Å². The third kappa shape index (κ3) is 6.03. The summed E-state index contributed by atoms with van der Waals surface area (Å²) >= 11 is 9.12. The van der Waals surface area contributed by atoms with Crippen molar-refractivity contribution in [3.05, 3.63) is 51.1 Å². The van der Waals surface area contributed by atoms with Gasteiger partial charge in [0, 0.05) is 11.4 Å². The Morgan fingerprint density at radius 3 is 2.82 bits per heavy atom. The molecule has 7 nitrogen and oxygen atoms in total. The van der Waals surface area contributed by atoms with Gasteiger partial charge in [-0.15, -0.1) is 21.5 Å². The van der Waals surface area contributed by atoms with E-state index in [2.05, 4.69) is 42.4 Å². The molecule has 4 rings (SSSR count). The summed E-state index contributed by atoms with van der Waals surface area (Å²) in [6.45, 7) is 11.4. The standard InChI is InChI=1S/C28H34ClN5O2S2/c1-6-28(4,5)18-12-13-19-20(15-30)26(38-23(19)14-18)31-24(35)16-37-27-33-32-25(34(27)7-2)17(3)36-22-11-9-8-10-21(22)29/h8-11,17-18H,6-7,12-14,16H2,1-5H3,(H,31,35). The average molecular weight is 572 g/mol. The van der Waals surface area contributed by atoms with E-state index in [9.17, 15) is 10.1 Å². The second-order valence-corrected chi connectivity index (χ2v) is 12.7. The normalized spacial score (nSPS) is 16.0. The van der Waals surface area contributed by atoms with Crippen LogP contribution in [0, 0.1) is 22.7 Å². The molecule has 2 aromatic heterocycles. The molecule has 0 saturated carbocycles. The van der Waals surface area contributed by atoms with E-state index in [0.29, 0.717) is 44.8 Å². The maximum Gasteiger partial charge on any atom is 0.235 e. The minimum Gasteiger partial charge on any atom is -0.481 e. The fraction of sp³-hybridized carbons (Fsp3) is 0.500. The largest absolute Gasteiger partial charge is 0.481 e. The third-order valence-corrected chi connectivity index (χ3v) is 9.99. The highest BCUT2D eigenvalue weighted by molar-refractivity contribution is 7.99. The Kier molecular flexibility index (Phi) is 9.07. The Bertz CT molecular complexity index is 1340. The van der Waals surface area contributed by atoms with Crippen molar-refractivity contribution in [3.8, 4) is 11.8 Å². The van der Waals surface area contributed by atoms with Crippen molar-refractivity contribution in [3.63, 3.8) is 0 Å². The molecule has 0 aliphatic heterocycles. The molecule has 1 aliphatic carbocycles. The van der Waals surface area contributed by atoms with Crippen molar-refractivity contribution in [2.75, 3.05) is 11.1 Å². The summed E-state index contributed by atoms with van der Waals surface area (Å²) in [7, 11) is 0. The van der Waals surface area contributed by atoms with E-state index in [1.807, 2.05) is 36.6 Å². The molecule has 38 heavy (non-hydrogen) atoms. The number of rotatable bonds is 10.